The third kappa shape index (κ3) is 6.83. The molecule has 0 radical (unpaired) electrons. The van der Waals surface area contributed by atoms with E-state index in [1.54, 1.807) is 18.2 Å². The molecule has 3 rings (SSSR count). The van der Waals surface area contributed by atoms with Gasteiger partial charge in [-0.15, -0.1) is 0 Å². The Labute approximate surface area is 188 Å². The van der Waals surface area contributed by atoms with Crippen molar-refractivity contribution in [2.75, 3.05) is 11.9 Å². The third-order valence-corrected chi connectivity index (χ3v) is 4.55. The van der Waals surface area contributed by atoms with Gasteiger partial charge in [0.1, 0.15) is 11.5 Å². The van der Waals surface area contributed by atoms with Crippen molar-refractivity contribution in [3.8, 4) is 11.5 Å². The number of carbonyl (C=O) groups is 1. The first-order valence-electron chi connectivity index (χ1n) is 10.2. The maximum Gasteiger partial charge on any atom is 0.261 e. The molecule has 2 N–H and O–H groups in total. The van der Waals surface area contributed by atoms with Crippen LogP contribution in [0.25, 0.3) is 0 Å². The van der Waals surface area contributed by atoms with Gasteiger partial charge in [-0.2, -0.15) is 0 Å². The first kappa shape index (κ1) is 22.3. The topological polar surface area (TPSA) is 59.6 Å². The van der Waals surface area contributed by atoms with Crippen LogP contribution in [0.3, 0.4) is 0 Å². The second-order valence-corrected chi connectivity index (χ2v) is 7.56. The van der Waals surface area contributed by atoms with Crippen molar-refractivity contribution in [2.24, 2.45) is 0 Å². The molecule has 0 heterocycles. The lowest BCUT2D eigenvalue weighted by molar-refractivity contribution is 0.0973. The molecule has 0 spiro atoms. The summed E-state index contributed by atoms with van der Waals surface area (Å²) in [6, 6.07) is 24.6. The molecule has 160 valence electrons. The van der Waals surface area contributed by atoms with Crippen LogP contribution in [0.15, 0.2) is 78.9 Å². The summed E-state index contributed by atoms with van der Waals surface area (Å²) in [7, 11) is 0. The van der Waals surface area contributed by atoms with Gasteiger partial charge in [0.05, 0.1) is 24.0 Å². The fourth-order valence-electron chi connectivity index (χ4n) is 2.95. The van der Waals surface area contributed by atoms with Crippen molar-refractivity contribution in [3.05, 3.63) is 90.0 Å². The number of benzene rings is 3. The Morgan fingerprint density at radius 2 is 1.55 bits per heavy atom. The highest BCUT2D eigenvalue weighted by atomic mass is 32.1. The van der Waals surface area contributed by atoms with Crippen LogP contribution in [0, 0.1) is 0 Å². The molecule has 3 aromatic carbocycles. The minimum absolute atomic E-state index is 0.0195. The summed E-state index contributed by atoms with van der Waals surface area (Å²) in [5, 5.41) is 5.94. The van der Waals surface area contributed by atoms with Crippen molar-refractivity contribution in [2.45, 2.75) is 26.4 Å². The van der Waals surface area contributed by atoms with Crippen LogP contribution in [0.5, 0.6) is 11.5 Å². The zero-order valence-electron chi connectivity index (χ0n) is 17.6. The molecule has 0 unspecified atom stereocenters. The van der Waals surface area contributed by atoms with Crippen LogP contribution in [0.4, 0.5) is 5.69 Å². The first-order chi connectivity index (χ1) is 15.0. The summed E-state index contributed by atoms with van der Waals surface area (Å²) in [5.74, 6) is 0.844. The minimum Gasteiger partial charge on any atom is -0.492 e. The SMILES string of the molecule is CC(C)Oc1ccccc1NC(=S)NC(=O)c1ccccc1OCCc1ccccc1. The van der Waals surface area contributed by atoms with E-state index in [1.807, 2.05) is 74.5 Å². The van der Waals surface area contributed by atoms with E-state index in [9.17, 15) is 4.79 Å². The lowest BCUT2D eigenvalue weighted by atomic mass is 10.1. The van der Waals surface area contributed by atoms with Crippen LogP contribution in [0.1, 0.15) is 29.8 Å². The number of rotatable bonds is 8. The maximum absolute atomic E-state index is 12.8. The molecule has 0 saturated heterocycles. The Kier molecular flexibility index (Phi) is 8.01. The van der Waals surface area contributed by atoms with Crippen LogP contribution in [-0.2, 0) is 6.42 Å². The largest absolute Gasteiger partial charge is 0.492 e. The number of nitrogens with one attached hydrogen (secondary N) is 2. The van der Waals surface area contributed by atoms with Gasteiger partial charge in [0, 0.05) is 6.42 Å². The normalized spacial score (nSPS) is 10.4. The Morgan fingerprint density at radius 3 is 2.29 bits per heavy atom. The van der Waals surface area contributed by atoms with Crippen LogP contribution in [0.2, 0.25) is 0 Å². The molecule has 0 aliphatic heterocycles. The monoisotopic (exact) mass is 434 g/mol. The van der Waals surface area contributed by atoms with Gasteiger partial charge >= 0.3 is 0 Å². The lowest BCUT2D eigenvalue weighted by Crippen LogP contribution is -2.34. The smallest absolute Gasteiger partial charge is 0.261 e. The summed E-state index contributed by atoms with van der Waals surface area (Å²) >= 11 is 5.34. The molecule has 31 heavy (non-hydrogen) atoms. The van der Waals surface area contributed by atoms with E-state index in [0.717, 1.165) is 6.42 Å². The molecule has 5 nitrogen and oxygen atoms in total. The summed E-state index contributed by atoms with van der Waals surface area (Å²) in [6.45, 7) is 4.37. The van der Waals surface area contributed by atoms with Crippen molar-refractivity contribution in [1.29, 1.82) is 0 Å². The van der Waals surface area contributed by atoms with Crippen molar-refractivity contribution in [3.63, 3.8) is 0 Å². The lowest BCUT2D eigenvalue weighted by Gasteiger charge is -2.16. The molecule has 0 saturated carbocycles. The maximum atomic E-state index is 12.8. The molecule has 0 fully saturated rings. The predicted octanol–water partition coefficient (Wildman–Crippen LogP) is 5.22. The van der Waals surface area contributed by atoms with Crippen LogP contribution < -0.4 is 20.1 Å². The van der Waals surface area contributed by atoms with Gasteiger partial charge < -0.3 is 14.8 Å². The summed E-state index contributed by atoms with van der Waals surface area (Å²) < 4.78 is 11.7. The van der Waals surface area contributed by atoms with Gasteiger partial charge in [-0.1, -0.05) is 54.6 Å². The van der Waals surface area contributed by atoms with Gasteiger partial charge in [0.15, 0.2) is 5.11 Å². The highest BCUT2D eigenvalue weighted by Gasteiger charge is 2.15. The standard InChI is InChI=1S/C25H26N2O3S/c1-18(2)30-23-15-9-7-13-21(23)26-25(31)27-24(28)20-12-6-8-14-22(20)29-17-16-19-10-4-3-5-11-19/h3-15,18H,16-17H2,1-2H3,(H2,26,27,28,31). The van der Waals surface area contributed by atoms with E-state index in [-0.39, 0.29) is 17.1 Å². The fourth-order valence-corrected chi connectivity index (χ4v) is 3.16. The first-order valence-corrected chi connectivity index (χ1v) is 10.6. The van der Waals surface area contributed by atoms with Crippen LogP contribution in [-0.4, -0.2) is 23.7 Å². The molecule has 0 aliphatic rings. The van der Waals surface area contributed by atoms with Crippen molar-refractivity contribution >= 4 is 28.9 Å². The van der Waals surface area contributed by atoms with E-state index < -0.39 is 0 Å². The molecular formula is C25H26N2O3S. The van der Waals surface area contributed by atoms with Gasteiger partial charge in [-0.05, 0) is 55.9 Å². The number of anilines is 1. The average Bonchev–Trinajstić information content (AvgIpc) is 2.76. The molecule has 1 amide bonds. The summed E-state index contributed by atoms with van der Waals surface area (Å²) in [6.07, 6.45) is 0.773. The van der Waals surface area contributed by atoms with Gasteiger partial charge in [-0.25, -0.2) is 0 Å². The van der Waals surface area contributed by atoms with Gasteiger partial charge in [0.2, 0.25) is 0 Å². The highest BCUT2D eigenvalue weighted by molar-refractivity contribution is 7.80. The number of ether oxygens (including phenoxy) is 2. The number of thiocarbonyl (C=S) groups is 1. The van der Waals surface area contributed by atoms with Crippen molar-refractivity contribution < 1.29 is 14.3 Å². The third-order valence-electron chi connectivity index (χ3n) is 4.35. The van der Waals surface area contributed by atoms with Crippen molar-refractivity contribution in [1.82, 2.24) is 5.32 Å². The molecule has 0 bridgehead atoms. The van der Waals surface area contributed by atoms with E-state index in [0.29, 0.717) is 29.4 Å². The number of para-hydroxylation sites is 3. The van der Waals surface area contributed by atoms with E-state index in [2.05, 4.69) is 10.6 Å². The molecular weight excluding hydrogens is 408 g/mol. The summed E-state index contributed by atoms with van der Waals surface area (Å²) in [5.41, 5.74) is 2.29. The van der Waals surface area contributed by atoms with Gasteiger partial charge in [0.25, 0.3) is 5.91 Å². The number of hydrogen-bond donors (Lipinski definition) is 2. The number of hydrogen-bond acceptors (Lipinski definition) is 4. The average molecular weight is 435 g/mol. The molecule has 6 heteroatoms. The quantitative estimate of drug-likeness (QED) is 0.476. The number of carbonyl (C=O) groups excluding carboxylic acids is 1. The molecule has 0 aliphatic carbocycles. The highest BCUT2D eigenvalue weighted by Crippen LogP contribution is 2.25. The second kappa shape index (κ2) is 11.1. The van der Waals surface area contributed by atoms with Gasteiger partial charge in [-0.3, -0.25) is 10.1 Å². The minimum atomic E-state index is -0.338. The van der Waals surface area contributed by atoms with Crippen LogP contribution >= 0.6 is 12.2 Å². The molecule has 3 aromatic rings. The zero-order valence-corrected chi connectivity index (χ0v) is 18.4. The molecule has 0 aromatic heterocycles. The van der Waals surface area contributed by atoms with E-state index >= 15 is 0 Å². The fraction of sp³-hybridized carbons (Fsp3) is 0.200. The second-order valence-electron chi connectivity index (χ2n) is 7.15. The number of amides is 1. The Morgan fingerprint density at radius 1 is 0.903 bits per heavy atom. The Balaban J connectivity index is 1.61. The summed E-state index contributed by atoms with van der Waals surface area (Å²) in [4.78, 5) is 12.8. The van der Waals surface area contributed by atoms with E-state index in [1.165, 1.54) is 5.56 Å². The van der Waals surface area contributed by atoms with E-state index in [4.69, 9.17) is 21.7 Å². The molecule has 0 atom stereocenters. The predicted molar refractivity (Wildman–Crippen MR) is 128 cm³/mol. The Bertz CT molecular complexity index is 1020. The zero-order chi connectivity index (χ0) is 22.1. The Hall–Kier alpha value is -3.38.